The fourth-order valence-corrected chi connectivity index (χ4v) is 1.43. The molecule has 16 heavy (non-hydrogen) atoms. The third kappa shape index (κ3) is 4.12. The monoisotopic (exact) mass is 226 g/mol. The number of nitrogens with zero attached hydrogens (tertiary/aromatic N) is 1. The van der Waals surface area contributed by atoms with Gasteiger partial charge in [0.1, 0.15) is 0 Å². The number of amides is 2. The van der Waals surface area contributed by atoms with Crippen molar-refractivity contribution in [2.45, 2.75) is 13.3 Å². The third-order valence-corrected chi connectivity index (χ3v) is 2.26. The van der Waals surface area contributed by atoms with Crippen molar-refractivity contribution in [1.82, 2.24) is 10.2 Å². The van der Waals surface area contributed by atoms with Crippen LogP contribution in [0.1, 0.15) is 13.3 Å². The molecule has 1 aliphatic heterocycles. The number of nitrogens with one attached hydrogen (secondary N) is 1. The molecule has 0 aromatic carbocycles. The zero-order chi connectivity index (χ0) is 11.8. The maximum atomic E-state index is 11.2. The van der Waals surface area contributed by atoms with Crippen molar-refractivity contribution >= 4 is 11.8 Å². The van der Waals surface area contributed by atoms with Gasteiger partial charge in [0.25, 0.3) is 11.8 Å². The second-order valence-corrected chi connectivity index (χ2v) is 3.46. The Morgan fingerprint density at radius 1 is 1.25 bits per heavy atom. The Labute approximate surface area is 95.4 Å². The van der Waals surface area contributed by atoms with E-state index in [1.807, 2.05) is 6.92 Å². The Bertz CT molecular complexity index is 258. The zero-order valence-corrected chi connectivity index (χ0v) is 9.57. The summed E-state index contributed by atoms with van der Waals surface area (Å²) in [7, 11) is 0. The van der Waals surface area contributed by atoms with E-state index >= 15 is 0 Å². The van der Waals surface area contributed by atoms with Gasteiger partial charge in [0.15, 0.2) is 0 Å². The van der Waals surface area contributed by atoms with E-state index in [9.17, 15) is 9.59 Å². The summed E-state index contributed by atoms with van der Waals surface area (Å²) in [6.45, 7) is 5.44. The molecule has 1 aliphatic rings. The number of hydrogen-bond acceptors (Lipinski definition) is 4. The van der Waals surface area contributed by atoms with Gasteiger partial charge in [0, 0.05) is 31.8 Å². The second-order valence-electron chi connectivity index (χ2n) is 3.46. The predicted molar refractivity (Wildman–Crippen MR) is 59.8 cm³/mol. The highest BCUT2D eigenvalue weighted by molar-refractivity contribution is 6.12. The Morgan fingerprint density at radius 2 is 1.94 bits per heavy atom. The SMILES string of the molecule is CCOCCNCCCN1C(=O)C=CC1=O. The van der Waals surface area contributed by atoms with E-state index in [2.05, 4.69) is 5.32 Å². The third-order valence-electron chi connectivity index (χ3n) is 2.26. The molecule has 90 valence electrons. The van der Waals surface area contributed by atoms with Crippen LogP contribution in [-0.4, -0.2) is 49.6 Å². The van der Waals surface area contributed by atoms with Crippen LogP contribution in [0, 0.1) is 0 Å². The molecule has 0 fully saturated rings. The minimum atomic E-state index is -0.209. The van der Waals surface area contributed by atoms with Gasteiger partial charge in [-0.1, -0.05) is 0 Å². The quantitative estimate of drug-likeness (QED) is 0.465. The minimum absolute atomic E-state index is 0.209. The molecule has 0 atom stereocenters. The molecule has 1 rings (SSSR count). The maximum absolute atomic E-state index is 11.2. The van der Waals surface area contributed by atoms with E-state index in [1.54, 1.807) is 0 Å². The van der Waals surface area contributed by atoms with Crippen LogP contribution >= 0.6 is 0 Å². The van der Waals surface area contributed by atoms with Gasteiger partial charge in [-0.25, -0.2) is 0 Å². The van der Waals surface area contributed by atoms with Crippen LogP contribution in [0.25, 0.3) is 0 Å². The van der Waals surface area contributed by atoms with Crippen LogP contribution in [0.2, 0.25) is 0 Å². The molecule has 0 spiro atoms. The molecule has 2 amide bonds. The number of rotatable bonds is 8. The van der Waals surface area contributed by atoms with E-state index in [1.165, 1.54) is 17.1 Å². The average molecular weight is 226 g/mol. The number of carbonyl (C=O) groups excluding carboxylic acids is 2. The molecule has 5 nitrogen and oxygen atoms in total. The van der Waals surface area contributed by atoms with Gasteiger partial charge in [0.2, 0.25) is 0 Å². The lowest BCUT2D eigenvalue weighted by Gasteiger charge is -2.13. The largest absolute Gasteiger partial charge is 0.380 e. The molecule has 1 N–H and O–H groups in total. The highest BCUT2D eigenvalue weighted by Crippen LogP contribution is 2.03. The first kappa shape index (κ1) is 12.9. The summed E-state index contributed by atoms with van der Waals surface area (Å²) < 4.78 is 5.16. The van der Waals surface area contributed by atoms with E-state index < -0.39 is 0 Å². The lowest BCUT2D eigenvalue weighted by molar-refractivity contribution is -0.136. The van der Waals surface area contributed by atoms with Gasteiger partial charge in [-0.3, -0.25) is 14.5 Å². The van der Waals surface area contributed by atoms with Crippen molar-refractivity contribution in [3.05, 3.63) is 12.2 Å². The molecule has 0 saturated heterocycles. The van der Waals surface area contributed by atoms with Crippen LogP contribution < -0.4 is 5.32 Å². The van der Waals surface area contributed by atoms with Crippen LogP contribution in [0.15, 0.2) is 12.2 Å². The fraction of sp³-hybridized carbons (Fsp3) is 0.636. The Hall–Kier alpha value is -1.20. The van der Waals surface area contributed by atoms with E-state index in [0.717, 1.165) is 26.1 Å². The Kier molecular flexibility index (Phi) is 5.74. The lowest BCUT2D eigenvalue weighted by Crippen LogP contribution is -2.33. The summed E-state index contributed by atoms with van der Waals surface area (Å²) in [6.07, 6.45) is 3.39. The van der Waals surface area contributed by atoms with Crippen molar-refractivity contribution in [1.29, 1.82) is 0 Å². The smallest absolute Gasteiger partial charge is 0.253 e. The first-order valence-electron chi connectivity index (χ1n) is 5.57. The summed E-state index contributed by atoms with van der Waals surface area (Å²) in [5.41, 5.74) is 0. The number of imide groups is 1. The zero-order valence-electron chi connectivity index (χ0n) is 9.57. The van der Waals surface area contributed by atoms with E-state index in [-0.39, 0.29) is 11.8 Å². The molecule has 5 heteroatoms. The molecule has 0 aromatic rings. The molecule has 1 heterocycles. The summed E-state index contributed by atoms with van der Waals surface area (Å²) in [4.78, 5) is 23.6. The number of hydrogen-bond donors (Lipinski definition) is 1. The first-order valence-corrected chi connectivity index (χ1v) is 5.57. The topological polar surface area (TPSA) is 58.6 Å². The summed E-state index contributed by atoms with van der Waals surface area (Å²) in [6, 6.07) is 0. The minimum Gasteiger partial charge on any atom is -0.380 e. The van der Waals surface area contributed by atoms with Crippen molar-refractivity contribution in [2.75, 3.05) is 32.8 Å². The van der Waals surface area contributed by atoms with Crippen LogP contribution in [0.5, 0.6) is 0 Å². The Morgan fingerprint density at radius 3 is 2.56 bits per heavy atom. The van der Waals surface area contributed by atoms with Gasteiger partial charge in [-0.05, 0) is 19.9 Å². The highest BCUT2D eigenvalue weighted by Gasteiger charge is 2.21. The molecule has 0 aromatic heterocycles. The van der Waals surface area contributed by atoms with Crippen LogP contribution in [0.4, 0.5) is 0 Å². The standard InChI is InChI=1S/C11H18N2O3/c1-2-16-9-7-12-6-3-8-13-10(14)4-5-11(13)15/h4-5,12H,2-3,6-9H2,1H3. The molecule has 0 saturated carbocycles. The molecule has 0 aliphatic carbocycles. The second kappa shape index (κ2) is 7.14. The summed E-state index contributed by atoms with van der Waals surface area (Å²) >= 11 is 0. The summed E-state index contributed by atoms with van der Waals surface area (Å²) in [5, 5.41) is 3.18. The molecule has 0 bridgehead atoms. The first-order chi connectivity index (χ1) is 7.75. The van der Waals surface area contributed by atoms with E-state index in [4.69, 9.17) is 4.74 Å². The summed E-state index contributed by atoms with van der Waals surface area (Å²) in [5.74, 6) is -0.418. The van der Waals surface area contributed by atoms with Crippen molar-refractivity contribution in [3.63, 3.8) is 0 Å². The van der Waals surface area contributed by atoms with Crippen LogP contribution in [-0.2, 0) is 14.3 Å². The van der Waals surface area contributed by atoms with Crippen molar-refractivity contribution in [3.8, 4) is 0 Å². The Balaban J connectivity index is 1.99. The van der Waals surface area contributed by atoms with Crippen molar-refractivity contribution in [2.24, 2.45) is 0 Å². The fourth-order valence-electron chi connectivity index (χ4n) is 1.43. The molecular weight excluding hydrogens is 208 g/mol. The van der Waals surface area contributed by atoms with Crippen LogP contribution in [0.3, 0.4) is 0 Å². The number of ether oxygens (including phenoxy) is 1. The highest BCUT2D eigenvalue weighted by atomic mass is 16.5. The molecular formula is C11H18N2O3. The molecule has 0 unspecified atom stereocenters. The van der Waals surface area contributed by atoms with Gasteiger partial charge in [0.05, 0.1) is 6.61 Å². The van der Waals surface area contributed by atoms with Gasteiger partial charge < -0.3 is 10.1 Å². The lowest BCUT2D eigenvalue weighted by atomic mass is 10.4. The maximum Gasteiger partial charge on any atom is 0.253 e. The van der Waals surface area contributed by atoms with Crippen molar-refractivity contribution < 1.29 is 14.3 Å². The van der Waals surface area contributed by atoms with Gasteiger partial charge in [-0.15, -0.1) is 0 Å². The predicted octanol–water partition coefficient (Wildman–Crippen LogP) is -0.0724. The number of carbonyl (C=O) groups is 2. The van der Waals surface area contributed by atoms with Gasteiger partial charge in [-0.2, -0.15) is 0 Å². The normalized spacial score (nSPS) is 15.2. The molecule has 0 radical (unpaired) electrons. The van der Waals surface area contributed by atoms with E-state index in [0.29, 0.717) is 13.2 Å². The van der Waals surface area contributed by atoms with Gasteiger partial charge >= 0.3 is 0 Å². The average Bonchev–Trinajstić information content (AvgIpc) is 2.59.